The van der Waals surface area contributed by atoms with Crippen LogP contribution in [0.15, 0.2) is 0 Å². The van der Waals surface area contributed by atoms with Gasteiger partial charge in [0.15, 0.2) is 0 Å². The molecule has 3 nitrogen and oxygen atoms in total. The Morgan fingerprint density at radius 1 is 1.64 bits per heavy atom. The highest BCUT2D eigenvalue weighted by Gasteiger charge is 2.56. The number of rotatable bonds is 1. The molecule has 1 aliphatic heterocycles. The topological polar surface area (TPSA) is 38.3 Å². The van der Waals surface area contributed by atoms with E-state index in [1.54, 1.807) is 0 Å². The standard InChI is InChI=1S/C8H13NO2/c1-11-7(10)8-4-2-6(8)3-5-9-8/h6,9H,2-5H2,1H3/t6-,8-/m0/s1. The highest BCUT2D eigenvalue weighted by Crippen LogP contribution is 2.44. The van der Waals surface area contributed by atoms with Gasteiger partial charge < -0.3 is 10.1 Å². The van der Waals surface area contributed by atoms with Crippen LogP contribution in [0.1, 0.15) is 19.3 Å². The molecule has 0 amide bonds. The van der Waals surface area contributed by atoms with E-state index in [0.29, 0.717) is 5.92 Å². The summed E-state index contributed by atoms with van der Waals surface area (Å²) in [6.45, 7) is 0.972. The number of methoxy groups -OCH3 is 1. The van der Waals surface area contributed by atoms with Crippen molar-refractivity contribution in [2.75, 3.05) is 13.7 Å². The molecule has 1 saturated carbocycles. The minimum Gasteiger partial charge on any atom is -0.468 e. The number of nitrogens with one attached hydrogen (secondary N) is 1. The second kappa shape index (κ2) is 2.21. The molecule has 0 aromatic rings. The van der Waals surface area contributed by atoms with Crippen molar-refractivity contribution in [1.82, 2.24) is 5.32 Å². The predicted octanol–water partition coefficient (Wildman–Crippen LogP) is 0.301. The van der Waals surface area contributed by atoms with Crippen molar-refractivity contribution in [3.63, 3.8) is 0 Å². The summed E-state index contributed by atoms with van der Waals surface area (Å²) in [5.41, 5.74) is -0.269. The van der Waals surface area contributed by atoms with Gasteiger partial charge in [-0.3, -0.25) is 4.79 Å². The summed E-state index contributed by atoms with van der Waals surface area (Å²) in [5, 5.41) is 3.25. The van der Waals surface area contributed by atoms with Gasteiger partial charge in [0.05, 0.1) is 7.11 Å². The summed E-state index contributed by atoms with van der Waals surface area (Å²) in [4.78, 5) is 11.3. The zero-order valence-corrected chi connectivity index (χ0v) is 6.72. The third kappa shape index (κ3) is 0.745. The molecule has 0 bridgehead atoms. The molecule has 1 N–H and O–H groups in total. The van der Waals surface area contributed by atoms with Crippen molar-refractivity contribution >= 4 is 5.97 Å². The smallest absolute Gasteiger partial charge is 0.326 e. The van der Waals surface area contributed by atoms with Crippen molar-refractivity contribution in [3.8, 4) is 0 Å². The van der Waals surface area contributed by atoms with Crippen molar-refractivity contribution < 1.29 is 9.53 Å². The first-order chi connectivity index (χ1) is 5.29. The molecule has 2 fully saturated rings. The average Bonchev–Trinajstić information content (AvgIpc) is 2.27. The van der Waals surface area contributed by atoms with Gasteiger partial charge in [0.25, 0.3) is 0 Å². The molecule has 11 heavy (non-hydrogen) atoms. The van der Waals surface area contributed by atoms with Gasteiger partial charge in [-0.05, 0) is 31.7 Å². The largest absolute Gasteiger partial charge is 0.468 e. The summed E-state index contributed by atoms with van der Waals surface area (Å²) in [6.07, 6.45) is 3.28. The lowest BCUT2D eigenvalue weighted by atomic mass is 9.68. The van der Waals surface area contributed by atoms with E-state index in [2.05, 4.69) is 5.32 Å². The van der Waals surface area contributed by atoms with Crippen LogP contribution < -0.4 is 5.32 Å². The van der Waals surface area contributed by atoms with E-state index in [1.807, 2.05) is 0 Å². The number of carbonyl (C=O) groups excluding carboxylic acids is 1. The third-order valence-electron chi connectivity index (χ3n) is 3.07. The van der Waals surface area contributed by atoms with Crippen LogP contribution in [0.2, 0.25) is 0 Å². The van der Waals surface area contributed by atoms with Crippen LogP contribution in [0, 0.1) is 5.92 Å². The van der Waals surface area contributed by atoms with Crippen LogP contribution in [0.4, 0.5) is 0 Å². The zero-order valence-electron chi connectivity index (χ0n) is 6.72. The molecule has 0 radical (unpaired) electrons. The molecule has 0 aromatic carbocycles. The van der Waals surface area contributed by atoms with Gasteiger partial charge in [-0.1, -0.05) is 0 Å². The molecule has 62 valence electrons. The quantitative estimate of drug-likeness (QED) is 0.553. The predicted molar refractivity (Wildman–Crippen MR) is 40.1 cm³/mol. The first-order valence-corrected chi connectivity index (χ1v) is 4.13. The van der Waals surface area contributed by atoms with Crippen molar-refractivity contribution in [1.29, 1.82) is 0 Å². The van der Waals surface area contributed by atoms with Crippen LogP contribution >= 0.6 is 0 Å². The molecule has 1 heterocycles. The third-order valence-corrected chi connectivity index (χ3v) is 3.07. The van der Waals surface area contributed by atoms with Crippen molar-refractivity contribution in [2.45, 2.75) is 24.8 Å². The van der Waals surface area contributed by atoms with Gasteiger partial charge in [0, 0.05) is 0 Å². The normalized spacial score (nSPS) is 41.0. The Labute approximate surface area is 66.1 Å². The summed E-state index contributed by atoms with van der Waals surface area (Å²) < 4.78 is 4.76. The van der Waals surface area contributed by atoms with Crippen LogP contribution in [0.5, 0.6) is 0 Å². The monoisotopic (exact) mass is 155 g/mol. The summed E-state index contributed by atoms with van der Waals surface area (Å²) in [7, 11) is 1.46. The highest BCUT2D eigenvalue weighted by molar-refractivity contribution is 5.83. The Morgan fingerprint density at radius 2 is 2.45 bits per heavy atom. The maximum Gasteiger partial charge on any atom is 0.326 e. The van der Waals surface area contributed by atoms with Crippen molar-refractivity contribution in [2.24, 2.45) is 5.92 Å². The minimum absolute atomic E-state index is 0.0637. The van der Waals surface area contributed by atoms with E-state index >= 15 is 0 Å². The number of hydrogen-bond donors (Lipinski definition) is 1. The van der Waals surface area contributed by atoms with Crippen molar-refractivity contribution in [3.05, 3.63) is 0 Å². The van der Waals surface area contributed by atoms with Gasteiger partial charge in [-0.2, -0.15) is 0 Å². The van der Waals surface area contributed by atoms with E-state index in [1.165, 1.54) is 13.5 Å². The van der Waals surface area contributed by atoms with E-state index < -0.39 is 0 Å². The lowest BCUT2D eigenvalue weighted by Crippen LogP contribution is -2.58. The molecule has 3 heteroatoms. The SMILES string of the molecule is COC(=O)[C@]12CC[C@H]1CCN2. The first-order valence-electron chi connectivity index (χ1n) is 4.13. The molecular formula is C8H13NO2. The lowest BCUT2D eigenvalue weighted by Gasteiger charge is -2.41. The van der Waals surface area contributed by atoms with E-state index in [-0.39, 0.29) is 11.5 Å². The summed E-state index contributed by atoms with van der Waals surface area (Å²) in [5.74, 6) is 0.487. The Hall–Kier alpha value is -0.570. The fourth-order valence-corrected chi connectivity index (χ4v) is 2.25. The number of esters is 1. The number of ether oxygens (including phenoxy) is 1. The van der Waals surface area contributed by atoms with Crippen LogP contribution in [0.3, 0.4) is 0 Å². The molecule has 1 aliphatic carbocycles. The second-order valence-corrected chi connectivity index (χ2v) is 3.41. The van der Waals surface area contributed by atoms with Gasteiger partial charge in [0.2, 0.25) is 0 Å². The number of carbonyl (C=O) groups is 1. The summed E-state index contributed by atoms with van der Waals surface area (Å²) >= 11 is 0. The van der Waals surface area contributed by atoms with E-state index in [9.17, 15) is 4.79 Å². The Morgan fingerprint density at radius 3 is 2.91 bits per heavy atom. The average molecular weight is 155 g/mol. The van der Waals surface area contributed by atoms with Crippen LogP contribution in [0.25, 0.3) is 0 Å². The Balaban J connectivity index is 2.15. The van der Waals surface area contributed by atoms with Gasteiger partial charge in [-0.25, -0.2) is 0 Å². The molecule has 1 saturated heterocycles. The molecule has 0 spiro atoms. The maximum absolute atomic E-state index is 11.3. The van der Waals surface area contributed by atoms with Crippen LogP contribution in [-0.2, 0) is 9.53 Å². The fourth-order valence-electron chi connectivity index (χ4n) is 2.25. The molecular weight excluding hydrogens is 142 g/mol. The van der Waals surface area contributed by atoms with Crippen LogP contribution in [-0.4, -0.2) is 25.2 Å². The number of fused-ring (bicyclic) bond motifs is 1. The Kier molecular flexibility index (Phi) is 1.42. The van der Waals surface area contributed by atoms with Gasteiger partial charge in [0.1, 0.15) is 5.54 Å². The second-order valence-electron chi connectivity index (χ2n) is 3.41. The first kappa shape index (κ1) is 7.10. The number of hydrogen-bond acceptors (Lipinski definition) is 3. The molecule has 0 aromatic heterocycles. The summed E-state index contributed by atoms with van der Waals surface area (Å²) in [6, 6.07) is 0. The zero-order chi connectivity index (χ0) is 7.90. The molecule has 2 aliphatic rings. The lowest BCUT2D eigenvalue weighted by molar-refractivity contribution is -0.154. The van der Waals surface area contributed by atoms with Gasteiger partial charge in [-0.15, -0.1) is 0 Å². The molecule has 2 atom stereocenters. The fraction of sp³-hybridized carbons (Fsp3) is 0.875. The Bertz CT molecular complexity index is 193. The molecule has 2 rings (SSSR count). The van der Waals surface area contributed by atoms with Gasteiger partial charge >= 0.3 is 5.97 Å². The molecule has 0 unspecified atom stereocenters. The van der Waals surface area contributed by atoms with E-state index in [0.717, 1.165) is 19.4 Å². The maximum atomic E-state index is 11.3. The highest BCUT2D eigenvalue weighted by atomic mass is 16.5. The minimum atomic E-state index is -0.269. The van der Waals surface area contributed by atoms with E-state index in [4.69, 9.17) is 4.74 Å².